The molecule has 2 aromatic heterocycles. The predicted molar refractivity (Wildman–Crippen MR) is 121 cm³/mol. The monoisotopic (exact) mass is 493 g/mol. The molecule has 6 N–H and O–H groups in total. The molecule has 2 aliphatic rings. The molecule has 0 saturated carbocycles. The van der Waals surface area contributed by atoms with Crippen molar-refractivity contribution in [2.45, 2.75) is 75.8 Å². The molecule has 0 radical (unpaired) electrons. The van der Waals surface area contributed by atoms with E-state index in [4.69, 9.17) is 9.47 Å². The summed E-state index contributed by atoms with van der Waals surface area (Å²) in [4.78, 5) is 42.0. The number of aliphatic hydroxyl groups excluding tert-OH is 3. The van der Waals surface area contributed by atoms with E-state index in [1.165, 1.54) is 17.6 Å². The molecule has 14 nitrogen and oxygen atoms in total. The van der Waals surface area contributed by atoms with Crippen molar-refractivity contribution in [1.29, 1.82) is 0 Å². The number of hydrogen-bond donors (Lipinski definition) is 6. The molecule has 0 aliphatic carbocycles. The summed E-state index contributed by atoms with van der Waals surface area (Å²) in [7, 11) is 0. The van der Waals surface area contributed by atoms with E-state index >= 15 is 0 Å². The summed E-state index contributed by atoms with van der Waals surface area (Å²) in [6.45, 7) is 4.85. The second-order valence-electron chi connectivity index (χ2n) is 9.64. The number of amides is 2. The first-order valence-electron chi connectivity index (χ1n) is 11.4. The number of imidazole rings is 1. The Labute approximate surface area is 201 Å². The Morgan fingerprint density at radius 1 is 1.26 bits per heavy atom. The fourth-order valence-electron chi connectivity index (χ4n) is 4.26. The van der Waals surface area contributed by atoms with E-state index in [1.807, 2.05) is 0 Å². The lowest BCUT2D eigenvalue weighted by atomic mass is 9.98. The maximum atomic E-state index is 13.1. The Morgan fingerprint density at radius 2 is 2.03 bits per heavy atom. The predicted octanol–water partition coefficient (Wildman–Crippen LogP) is -0.912. The SMILES string of the molecule is CC(C)(C)OC(=O)N1CC[C@@H](O)[C@@H]1C(=O)N[C@@H]1C[C@H](O)[C@@H](Nc2ncnc3nc[nH]c23)O[C@H]1CO. The number of carbonyl (C=O) groups excluding carboxylic acids is 2. The van der Waals surface area contributed by atoms with E-state index in [2.05, 4.69) is 30.6 Å². The van der Waals surface area contributed by atoms with Gasteiger partial charge in [-0.25, -0.2) is 19.7 Å². The standard InChI is InChI=1S/C21H31N7O7/c1-21(2,3)35-20(33)28-5-4-11(30)15(28)18(32)26-10-6-12(31)19(34-13(10)7-29)27-17-14-16(23-8-22-14)24-9-25-17/h8-13,15,19,29-31H,4-7H2,1-3H3,(H,26,32)(H2,22,23,24,25,27)/t10-,11-,12+,13+,15-,19+/m1/s1. The van der Waals surface area contributed by atoms with Crippen LogP contribution in [0.1, 0.15) is 33.6 Å². The number of anilines is 1. The normalized spacial score (nSPS) is 29.3. The molecule has 2 fully saturated rings. The van der Waals surface area contributed by atoms with Gasteiger partial charge in [-0.1, -0.05) is 0 Å². The van der Waals surface area contributed by atoms with Crippen LogP contribution in [0, 0.1) is 0 Å². The maximum Gasteiger partial charge on any atom is 0.411 e. The lowest BCUT2D eigenvalue weighted by Gasteiger charge is -2.40. The molecule has 192 valence electrons. The number of fused-ring (bicyclic) bond motifs is 1. The van der Waals surface area contributed by atoms with Crippen molar-refractivity contribution in [1.82, 2.24) is 30.2 Å². The summed E-state index contributed by atoms with van der Waals surface area (Å²) >= 11 is 0. The number of aromatic nitrogens is 4. The molecule has 35 heavy (non-hydrogen) atoms. The average molecular weight is 494 g/mol. The number of rotatable bonds is 5. The number of aromatic amines is 1. The van der Waals surface area contributed by atoms with E-state index < -0.39 is 60.8 Å². The van der Waals surface area contributed by atoms with Gasteiger partial charge in [0.15, 0.2) is 17.7 Å². The van der Waals surface area contributed by atoms with Crippen molar-refractivity contribution in [3.05, 3.63) is 12.7 Å². The second kappa shape index (κ2) is 9.89. The molecular weight excluding hydrogens is 462 g/mol. The number of nitrogens with one attached hydrogen (secondary N) is 3. The van der Waals surface area contributed by atoms with Gasteiger partial charge in [-0.2, -0.15) is 0 Å². The number of nitrogens with zero attached hydrogens (tertiary/aromatic N) is 4. The van der Waals surface area contributed by atoms with Gasteiger partial charge in [0.05, 0.1) is 25.1 Å². The zero-order chi connectivity index (χ0) is 25.3. The van der Waals surface area contributed by atoms with Crippen LogP contribution in [0.3, 0.4) is 0 Å². The van der Waals surface area contributed by atoms with Gasteiger partial charge in [-0.15, -0.1) is 0 Å². The highest BCUT2D eigenvalue weighted by Gasteiger charge is 2.45. The molecule has 2 aliphatic heterocycles. The second-order valence-corrected chi connectivity index (χ2v) is 9.64. The Bertz CT molecular complexity index is 1060. The number of aliphatic hydroxyl groups is 3. The first-order chi connectivity index (χ1) is 16.6. The van der Waals surface area contributed by atoms with E-state index in [0.29, 0.717) is 17.0 Å². The molecule has 0 unspecified atom stereocenters. The molecule has 4 rings (SSSR count). The first kappa shape index (κ1) is 25.0. The number of likely N-dealkylation sites (tertiary alicyclic amines) is 1. The van der Waals surface area contributed by atoms with Crippen LogP contribution in [0.2, 0.25) is 0 Å². The van der Waals surface area contributed by atoms with Gasteiger partial charge in [-0.3, -0.25) is 9.69 Å². The minimum Gasteiger partial charge on any atom is -0.444 e. The molecule has 2 aromatic rings. The van der Waals surface area contributed by atoms with Gasteiger partial charge in [0, 0.05) is 13.0 Å². The van der Waals surface area contributed by atoms with Crippen LogP contribution in [0.25, 0.3) is 11.2 Å². The van der Waals surface area contributed by atoms with Gasteiger partial charge in [0.25, 0.3) is 0 Å². The third kappa shape index (κ3) is 5.45. The minimum absolute atomic E-state index is 0.0427. The number of H-pyrrole nitrogens is 1. The summed E-state index contributed by atoms with van der Waals surface area (Å²) in [6.07, 6.45) is -1.62. The summed E-state index contributed by atoms with van der Waals surface area (Å²) in [6, 6.07) is -1.93. The summed E-state index contributed by atoms with van der Waals surface area (Å²) in [5.41, 5.74) is 0.195. The molecule has 0 spiro atoms. The van der Waals surface area contributed by atoms with Crippen LogP contribution in [-0.2, 0) is 14.3 Å². The molecule has 2 amide bonds. The minimum atomic E-state index is -1.16. The van der Waals surface area contributed by atoms with Crippen molar-refractivity contribution < 1.29 is 34.4 Å². The van der Waals surface area contributed by atoms with Crippen molar-refractivity contribution >= 4 is 29.0 Å². The average Bonchev–Trinajstić information content (AvgIpc) is 3.41. The van der Waals surface area contributed by atoms with E-state index in [0.717, 1.165) is 0 Å². The van der Waals surface area contributed by atoms with Crippen LogP contribution < -0.4 is 10.6 Å². The van der Waals surface area contributed by atoms with Crippen molar-refractivity contribution in [3.8, 4) is 0 Å². The molecular formula is C21H31N7O7. The van der Waals surface area contributed by atoms with Crippen LogP contribution in [0.15, 0.2) is 12.7 Å². The van der Waals surface area contributed by atoms with Crippen LogP contribution in [0.4, 0.5) is 10.6 Å². The molecule has 0 aromatic carbocycles. The van der Waals surface area contributed by atoms with Gasteiger partial charge < -0.3 is 40.4 Å². The number of carbonyl (C=O) groups is 2. The molecule has 2 saturated heterocycles. The Balaban J connectivity index is 1.42. The highest BCUT2D eigenvalue weighted by atomic mass is 16.6. The third-order valence-corrected chi connectivity index (χ3v) is 5.89. The smallest absolute Gasteiger partial charge is 0.411 e. The van der Waals surface area contributed by atoms with Crippen molar-refractivity contribution in [2.24, 2.45) is 0 Å². The fraction of sp³-hybridized carbons (Fsp3) is 0.667. The quantitative estimate of drug-likeness (QED) is 0.302. The molecule has 0 bridgehead atoms. The highest BCUT2D eigenvalue weighted by molar-refractivity contribution is 5.87. The summed E-state index contributed by atoms with van der Waals surface area (Å²) in [5.74, 6) is -0.265. The topological polar surface area (TPSA) is 195 Å². The zero-order valence-electron chi connectivity index (χ0n) is 19.7. The van der Waals surface area contributed by atoms with Crippen LogP contribution in [0.5, 0.6) is 0 Å². The Kier molecular flexibility index (Phi) is 7.07. The van der Waals surface area contributed by atoms with Gasteiger partial charge in [0.2, 0.25) is 5.91 Å². The zero-order valence-corrected chi connectivity index (χ0v) is 19.7. The van der Waals surface area contributed by atoms with Gasteiger partial charge >= 0.3 is 6.09 Å². The van der Waals surface area contributed by atoms with E-state index in [9.17, 15) is 24.9 Å². The Morgan fingerprint density at radius 3 is 2.74 bits per heavy atom. The lowest BCUT2D eigenvalue weighted by Crippen LogP contribution is -2.61. The number of hydrogen-bond acceptors (Lipinski definition) is 11. The lowest BCUT2D eigenvalue weighted by molar-refractivity contribution is -0.145. The molecule has 14 heteroatoms. The van der Waals surface area contributed by atoms with Crippen LogP contribution in [-0.4, -0.2) is 108 Å². The maximum absolute atomic E-state index is 13.1. The van der Waals surface area contributed by atoms with E-state index in [1.54, 1.807) is 20.8 Å². The van der Waals surface area contributed by atoms with Gasteiger partial charge in [-0.05, 0) is 27.2 Å². The van der Waals surface area contributed by atoms with Crippen molar-refractivity contribution in [2.75, 3.05) is 18.5 Å². The summed E-state index contributed by atoms with van der Waals surface area (Å²) in [5, 5.41) is 36.7. The molecule has 4 heterocycles. The Hall–Kier alpha value is -3.07. The first-order valence-corrected chi connectivity index (χ1v) is 11.4. The van der Waals surface area contributed by atoms with Crippen LogP contribution >= 0.6 is 0 Å². The fourth-order valence-corrected chi connectivity index (χ4v) is 4.26. The third-order valence-electron chi connectivity index (χ3n) is 5.89. The van der Waals surface area contributed by atoms with E-state index in [-0.39, 0.29) is 19.4 Å². The van der Waals surface area contributed by atoms with Gasteiger partial charge in [0.1, 0.15) is 35.7 Å². The largest absolute Gasteiger partial charge is 0.444 e. The molecule has 6 atom stereocenters. The highest BCUT2D eigenvalue weighted by Crippen LogP contribution is 2.26. The summed E-state index contributed by atoms with van der Waals surface area (Å²) < 4.78 is 11.2. The number of ether oxygens (including phenoxy) is 2. The van der Waals surface area contributed by atoms with Crippen molar-refractivity contribution in [3.63, 3.8) is 0 Å².